The predicted octanol–water partition coefficient (Wildman–Crippen LogP) is 4.09. The second kappa shape index (κ2) is 9.09. The van der Waals surface area contributed by atoms with Crippen molar-refractivity contribution >= 4 is 5.91 Å². The Morgan fingerprint density at radius 3 is 2.44 bits per heavy atom. The minimum absolute atomic E-state index is 0.00143. The number of nitriles is 1. The van der Waals surface area contributed by atoms with E-state index in [0.717, 1.165) is 43.5 Å². The van der Waals surface area contributed by atoms with Crippen LogP contribution in [0.25, 0.3) is 0 Å². The Kier molecular flexibility index (Phi) is 6.32. The average molecular weight is 364 g/mol. The van der Waals surface area contributed by atoms with E-state index in [1.165, 1.54) is 0 Å². The highest BCUT2D eigenvalue weighted by Crippen LogP contribution is 2.31. The maximum Gasteiger partial charge on any atom is 0.261 e. The molecule has 0 spiro atoms. The average Bonchev–Trinajstić information content (AvgIpc) is 2.98. The fourth-order valence-corrected chi connectivity index (χ4v) is 3.43. The van der Waals surface area contributed by atoms with Crippen LogP contribution in [-0.2, 0) is 4.79 Å². The number of nitrogens with zero attached hydrogens (tertiary/aromatic N) is 2. The van der Waals surface area contributed by atoms with Crippen LogP contribution in [0.15, 0.2) is 48.5 Å². The largest absolute Gasteiger partial charge is 0.497 e. The van der Waals surface area contributed by atoms with Crippen molar-refractivity contribution in [2.24, 2.45) is 0 Å². The zero-order valence-corrected chi connectivity index (χ0v) is 15.6. The molecule has 3 rings (SSSR count). The number of rotatable bonds is 5. The summed E-state index contributed by atoms with van der Waals surface area (Å²) in [6.45, 7) is 0.741. The Morgan fingerprint density at radius 1 is 1.07 bits per heavy atom. The number of hydrogen-bond acceptors (Lipinski definition) is 4. The van der Waals surface area contributed by atoms with Crippen LogP contribution in [0.4, 0.5) is 0 Å². The van der Waals surface area contributed by atoms with E-state index in [9.17, 15) is 4.79 Å². The number of amides is 1. The van der Waals surface area contributed by atoms with Gasteiger partial charge in [-0.1, -0.05) is 25.0 Å². The van der Waals surface area contributed by atoms with Gasteiger partial charge in [0.05, 0.1) is 24.8 Å². The number of hydrogen-bond donors (Lipinski definition) is 0. The molecule has 0 radical (unpaired) electrons. The van der Waals surface area contributed by atoms with E-state index in [-0.39, 0.29) is 18.6 Å². The van der Waals surface area contributed by atoms with Gasteiger partial charge in [-0.25, -0.2) is 0 Å². The molecule has 1 heterocycles. The molecule has 2 aromatic carbocycles. The standard InChI is InChI=1S/C22H24N2O3/c1-26-19-12-8-18(9-13-19)21-5-3-2-4-14-24(21)22(25)16-27-20-10-6-17(15-23)7-11-20/h6-13,21H,2-5,14,16H2,1H3. The van der Waals surface area contributed by atoms with Crippen molar-refractivity contribution in [1.29, 1.82) is 5.26 Å². The first-order valence-electron chi connectivity index (χ1n) is 9.27. The molecule has 1 unspecified atom stereocenters. The van der Waals surface area contributed by atoms with Gasteiger partial charge in [0.15, 0.2) is 6.61 Å². The summed E-state index contributed by atoms with van der Waals surface area (Å²) in [7, 11) is 1.65. The number of carbonyl (C=O) groups excluding carboxylic acids is 1. The molecular formula is C22H24N2O3. The van der Waals surface area contributed by atoms with Gasteiger partial charge in [-0.2, -0.15) is 5.26 Å². The van der Waals surface area contributed by atoms with E-state index in [2.05, 4.69) is 6.07 Å². The molecule has 1 saturated heterocycles. The third-order valence-corrected chi connectivity index (χ3v) is 4.92. The highest BCUT2D eigenvalue weighted by Gasteiger charge is 2.27. The molecular weight excluding hydrogens is 340 g/mol. The summed E-state index contributed by atoms with van der Waals surface area (Å²) in [5, 5.41) is 8.85. The summed E-state index contributed by atoms with van der Waals surface area (Å²) in [6.07, 6.45) is 4.20. The lowest BCUT2D eigenvalue weighted by Gasteiger charge is -2.30. The second-order valence-electron chi connectivity index (χ2n) is 6.65. The van der Waals surface area contributed by atoms with Gasteiger partial charge in [-0.05, 0) is 54.8 Å². The Bertz CT molecular complexity index is 794. The van der Waals surface area contributed by atoms with E-state index >= 15 is 0 Å². The molecule has 0 aromatic heterocycles. The summed E-state index contributed by atoms with van der Waals surface area (Å²) in [4.78, 5) is 14.8. The Balaban J connectivity index is 1.69. The van der Waals surface area contributed by atoms with Crippen LogP contribution in [0.1, 0.15) is 42.9 Å². The summed E-state index contributed by atoms with van der Waals surface area (Å²) < 4.78 is 10.9. The van der Waals surface area contributed by atoms with Crippen molar-refractivity contribution in [2.45, 2.75) is 31.7 Å². The summed E-state index contributed by atoms with van der Waals surface area (Å²) in [6, 6.07) is 16.9. The smallest absolute Gasteiger partial charge is 0.261 e. The Hall–Kier alpha value is -3.00. The predicted molar refractivity (Wildman–Crippen MR) is 103 cm³/mol. The first-order valence-corrected chi connectivity index (χ1v) is 9.27. The Morgan fingerprint density at radius 2 is 1.78 bits per heavy atom. The molecule has 5 nitrogen and oxygen atoms in total. The molecule has 1 aliphatic heterocycles. The normalized spacial score (nSPS) is 16.9. The van der Waals surface area contributed by atoms with Crippen molar-refractivity contribution < 1.29 is 14.3 Å². The quantitative estimate of drug-likeness (QED) is 0.802. The third-order valence-electron chi connectivity index (χ3n) is 4.92. The minimum atomic E-state index is -0.0120. The van der Waals surface area contributed by atoms with Gasteiger partial charge in [-0.3, -0.25) is 4.79 Å². The van der Waals surface area contributed by atoms with Crippen molar-refractivity contribution in [2.75, 3.05) is 20.3 Å². The summed E-state index contributed by atoms with van der Waals surface area (Å²) in [5.41, 5.74) is 1.70. The van der Waals surface area contributed by atoms with Gasteiger partial charge in [-0.15, -0.1) is 0 Å². The fraction of sp³-hybridized carbons (Fsp3) is 0.364. The SMILES string of the molecule is COc1ccc(C2CCCCCN2C(=O)COc2ccc(C#N)cc2)cc1. The molecule has 1 aliphatic rings. The molecule has 140 valence electrons. The highest BCUT2D eigenvalue weighted by molar-refractivity contribution is 5.78. The lowest BCUT2D eigenvalue weighted by molar-refractivity contribution is -0.135. The van der Waals surface area contributed by atoms with Crippen LogP contribution in [-0.4, -0.2) is 31.1 Å². The number of likely N-dealkylation sites (tertiary alicyclic amines) is 1. The first-order chi connectivity index (χ1) is 13.2. The minimum Gasteiger partial charge on any atom is -0.497 e. The van der Waals surface area contributed by atoms with Gasteiger partial charge in [0.2, 0.25) is 0 Å². The molecule has 1 amide bonds. The van der Waals surface area contributed by atoms with Gasteiger partial charge in [0.1, 0.15) is 11.5 Å². The van der Waals surface area contributed by atoms with Gasteiger partial charge >= 0.3 is 0 Å². The number of benzene rings is 2. The van der Waals surface area contributed by atoms with E-state index in [1.54, 1.807) is 31.4 Å². The van der Waals surface area contributed by atoms with Gasteiger partial charge in [0.25, 0.3) is 5.91 Å². The molecule has 0 N–H and O–H groups in total. The van der Waals surface area contributed by atoms with E-state index < -0.39 is 0 Å². The van der Waals surface area contributed by atoms with Crippen LogP contribution >= 0.6 is 0 Å². The number of carbonyl (C=O) groups is 1. The molecule has 2 aromatic rings. The van der Waals surface area contributed by atoms with Crippen molar-refractivity contribution in [3.8, 4) is 17.6 Å². The van der Waals surface area contributed by atoms with Gasteiger partial charge < -0.3 is 14.4 Å². The molecule has 27 heavy (non-hydrogen) atoms. The summed E-state index contributed by atoms with van der Waals surface area (Å²) in [5.74, 6) is 1.40. The highest BCUT2D eigenvalue weighted by atomic mass is 16.5. The van der Waals surface area contributed by atoms with Crippen molar-refractivity contribution in [1.82, 2.24) is 4.90 Å². The zero-order valence-electron chi connectivity index (χ0n) is 15.6. The maximum atomic E-state index is 12.9. The van der Waals surface area contributed by atoms with E-state index in [0.29, 0.717) is 11.3 Å². The molecule has 5 heteroatoms. The Labute approximate surface area is 160 Å². The van der Waals surface area contributed by atoms with Crippen LogP contribution in [0, 0.1) is 11.3 Å². The molecule has 0 saturated carbocycles. The van der Waals surface area contributed by atoms with Crippen molar-refractivity contribution in [3.05, 3.63) is 59.7 Å². The molecule has 0 bridgehead atoms. The second-order valence-corrected chi connectivity index (χ2v) is 6.65. The first kappa shape index (κ1) is 18.8. The lowest BCUT2D eigenvalue weighted by atomic mass is 10.0. The zero-order chi connectivity index (χ0) is 19.1. The van der Waals surface area contributed by atoms with E-state index in [1.807, 2.05) is 29.2 Å². The number of methoxy groups -OCH3 is 1. The lowest BCUT2D eigenvalue weighted by Crippen LogP contribution is -2.38. The molecule has 0 aliphatic carbocycles. The van der Waals surface area contributed by atoms with Crippen molar-refractivity contribution in [3.63, 3.8) is 0 Å². The number of ether oxygens (including phenoxy) is 2. The summed E-state index contributed by atoms with van der Waals surface area (Å²) >= 11 is 0. The van der Waals surface area contributed by atoms with Crippen LogP contribution in [0.3, 0.4) is 0 Å². The maximum absolute atomic E-state index is 12.9. The van der Waals surface area contributed by atoms with E-state index in [4.69, 9.17) is 14.7 Å². The third kappa shape index (κ3) is 4.79. The van der Waals surface area contributed by atoms with Crippen LogP contribution < -0.4 is 9.47 Å². The van der Waals surface area contributed by atoms with Crippen LogP contribution in [0.5, 0.6) is 11.5 Å². The molecule has 1 atom stereocenters. The van der Waals surface area contributed by atoms with Gasteiger partial charge in [0, 0.05) is 6.54 Å². The monoisotopic (exact) mass is 364 g/mol. The molecule has 1 fully saturated rings. The topological polar surface area (TPSA) is 62.6 Å². The fourth-order valence-electron chi connectivity index (χ4n) is 3.43. The van der Waals surface area contributed by atoms with Crippen LogP contribution in [0.2, 0.25) is 0 Å².